The van der Waals surface area contributed by atoms with Crippen LogP contribution in [0, 0.1) is 5.92 Å². The Kier molecular flexibility index (Phi) is 5.70. The van der Waals surface area contributed by atoms with Crippen molar-refractivity contribution in [2.75, 3.05) is 25.1 Å². The first kappa shape index (κ1) is 17.7. The van der Waals surface area contributed by atoms with Gasteiger partial charge in [0.1, 0.15) is 5.70 Å². The Morgan fingerprint density at radius 1 is 1.25 bits per heavy atom. The second kappa shape index (κ2) is 7.74. The number of imide groups is 1. The fourth-order valence-corrected chi connectivity index (χ4v) is 2.08. The summed E-state index contributed by atoms with van der Waals surface area (Å²) in [5.41, 5.74) is 1.10. The third-order valence-electron chi connectivity index (χ3n) is 3.28. The lowest BCUT2D eigenvalue weighted by Crippen LogP contribution is -2.34. The van der Waals surface area contributed by atoms with Crippen LogP contribution in [0.15, 0.2) is 36.0 Å². The first-order valence-electron chi connectivity index (χ1n) is 7.65. The van der Waals surface area contributed by atoms with Crippen LogP contribution in [0.1, 0.15) is 24.2 Å². The summed E-state index contributed by atoms with van der Waals surface area (Å²) >= 11 is 0. The number of carbonyl (C=O) groups excluding carboxylic acids is 3. The van der Waals surface area contributed by atoms with Gasteiger partial charge in [0.25, 0.3) is 11.8 Å². The highest BCUT2D eigenvalue weighted by Crippen LogP contribution is 2.18. The van der Waals surface area contributed by atoms with E-state index >= 15 is 0 Å². The van der Waals surface area contributed by atoms with Gasteiger partial charge in [0.15, 0.2) is 0 Å². The molecule has 0 aromatic heterocycles. The smallest absolute Gasteiger partial charge is 0.338 e. The molecule has 0 saturated heterocycles. The molecule has 1 aromatic carbocycles. The Labute approximate surface area is 139 Å². The summed E-state index contributed by atoms with van der Waals surface area (Å²) in [6.07, 6.45) is 1.18. The van der Waals surface area contributed by atoms with Gasteiger partial charge in [0.2, 0.25) is 0 Å². The molecule has 0 saturated carbocycles. The molecule has 0 spiro atoms. The van der Waals surface area contributed by atoms with Crippen molar-refractivity contribution in [1.82, 2.24) is 4.90 Å². The summed E-state index contributed by atoms with van der Waals surface area (Å²) in [6, 6.07) is 6.41. The van der Waals surface area contributed by atoms with Gasteiger partial charge in [-0.2, -0.15) is 0 Å². The molecule has 2 N–H and O–H groups in total. The van der Waals surface area contributed by atoms with Gasteiger partial charge >= 0.3 is 5.97 Å². The van der Waals surface area contributed by atoms with Crippen LogP contribution < -0.4 is 5.32 Å². The van der Waals surface area contributed by atoms with Crippen molar-refractivity contribution in [3.05, 3.63) is 41.6 Å². The second-order valence-electron chi connectivity index (χ2n) is 5.77. The van der Waals surface area contributed by atoms with Crippen LogP contribution in [0.5, 0.6) is 0 Å². The van der Waals surface area contributed by atoms with Crippen molar-refractivity contribution >= 4 is 23.5 Å². The highest BCUT2D eigenvalue weighted by molar-refractivity contribution is 6.17. The van der Waals surface area contributed by atoms with Gasteiger partial charge in [-0.3, -0.25) is 14.5 Å². The topological polar surface area (TPSA) is 95.9 Å². The molecule has 7 nitrogen and oxygen atoms in total. The summed E-state index contributed by atoms with van der Waals surface area (Å²) in [5.74, 6) is -1.11. The Morgan fingerprint density at radius 3 is 2.50 bits per heavy atom. The van der Waals surface area contributed by atoms with Gasteiger partial charge in [-0.05, 0) is 30.2 Å². The van der Waals surface area contributed by atoms with Gasteiger partial charge in [0, 0.05) is 11.8 Å². The molecular formula is C17H20N2O5. The molecule has 0 atom stereocenters. The number of rotatable bonds is 7. The molecule has 0 aliphatic carbocycles. The lowest BCUT2D eigenvalue weighted by Gasteiger charge is -2.13. The first-order chi connectivity index (χ1) is 11.4. The van der Waals surface area contributed by atoms with Gasteiger partial charge < -0.3 is 15.2 Å². The molecule has 1 heterocycles. The molecule has 24 heavy (non-hydrogen) atoms. The Morgan fingerprint density at radius 2 is 1.92 bits per heavy atom. The van der Waals surface area contributed by atoms with E-state index in [9.17, 15) is 14.4 Å². The maximum atomic E-state index is 12.0. The van der Waals surface area contributed by atoms with E-state index in [0.717, 1.165) is 4.90 Å². The zero-order chi connectivity index (χ0) is 17.7. The fourth-order valence-electron chi connectivity index (χ4n) is 2.08. The van der Waals surface area contributed by atoms with Gasteiger partial charge in [-0.1, -0.05) is 13.8 Å². The standard InChI is InChI=1S/C17H20N2O5/c1-11(2)10-24-17(23)12-3-5-13(6-4-12)18-14-9-15(21)19(7-8-20)16(14)22/h3-6,9,11,18,20H,7-8,10H2,1-2H3. The molecule has 7 heteroatoms. The Balaban J connectivity index is 2.00. The molecular weight excluding hydrogens is 312 g/mol. The predicted octanol–water partition coefficient (Wildman–Crippen LogP) is 1.16. The summed E-state index contributed by atoms with van der Waals surface area (Å²) in [6.45, 7) is 3.93. The minimum atomic E-state index is -0.491. The van der Waals surface area contributed by atoms with Crippen molar-refractivity contribution in [3.8, 4) is 0 Å². The van der Waals surface area contributed by atoms with Crippen LogP contribution in [0.4, 0.5) is 5.69 Å². The van der Waals surface area contributed by atoms with Gasteiger partial charge in [-0.15, -0.1) is 0 Å². The van der Waals surface area contributed by atoms with E-state index in [1.807, 2.05) is 13.8 Å². The average molecular weight is 332 g/mol. The molecule has 1 aliphatic rings. The summed E-state index contributed by atoms with van der Waals surface area (Å²) in [4.78, 5) is 36.5. The van der Waals surface area contributed by atoms with E-state index in [4.69, 9.17) is 9.84 Å². The number of hydrogen-bond acceptors (Lipinski definition) is 6. The van der Waals surface area contributed by atoms with E-state index in [-0.39, 0.29) is 24.8 Å². The highest BCUT2D eigenvalue weighted by atomic mass is 16.5. The minimum absolute atomic E-state index is 0.0417. The Bertz CT molecular complexity index is 664. The van der Waals surface area contributed by atoms with Gasteiger partial charge in [0.05, 0.1) is 25.3 Å². The Hall–Kier alpha value is -2.67. The van der Waals surface area contributed by atoms with E-state index in [1.54, 1.807) is 24.3 Å². The number of nitrogens with zero attached hydrogens (tertiary/aromatic N) is 1. The molecule has 2 rings (SSSR count). The lowest BCUT2D eigenvalue weighted by atomic mass is 10.2. The van der Waals surface area contributed by atoms with Crippen LogP contribution in [-0.2, 0) is 14.3 Å². The monoisotopic (exact) mass is 332 g/mol. The maximum Gasteiger partial charge on any atom is 0.338 e. The third-order valence-corrected chi connectivity index (χ3v) is 3.28. The molecule has 128 valence electrons. The average Bonchev–Trinajstić information content (AvgIpc) is 2.81. The molecule has 0 radical (unpaired) electrons. The van der Waals surface area contributed by atoms with Crippen molar-refractivity contribution in [3.63, 3.8) is 0 Å². The molecule has 0 fully saturated rings. The molecule has 1 aliphatic heterocycles. The number of aliphatic hydroxyl groups is 1. The molecule has 1 aromatic rings. The molecule has 0 bridgehead atoms. The molecule has 0 unspecified atom stereocenters. The first-order valence-corrected chi connectivity index (χ1v) is 7.65. The zero-order valence-electron chi connectivity index (χ0n) is 13.6. The van der Waals surface area contributed by atoms with Crippen molar-refractivity contribution in [1.29, 1.82) is 0 Å². The van der Waals surface area contributed by atoms with Crippen LogP contribution in [-0.4, -0.2) is 47.5 Å². The van der Waals surface area contributed by atoms with E-state index in [1.165, 1.54) is 6.08 Å². The number of amides is 2. The number of hydrogen-bond donors (Lipinski definition) is 2. The fraction of sp³-hybridized carbons (Fsp3) is 0.353. The number of β-amino-alcohol motifs (C(OH)–C–C–N with tert-alkyl or cyclic N) is 1. The lowest BCUT2D eigenvalue weighted by molar-refractivity contribution is -0.137. The van der Waals surface area contributed by atoms with Crippen molar-refractivity contribution in [2.45, 2.75) is 13.8 Å². The van der Waals surface area contributed by atoms with E-state index in [2.05, 4.69) is 5.32 Å². The third kappa shape index (κ3) is 4.20. The molecule has 2 amide bonds. The van der Waals surface area contributed by atoms with Crippen molar-refractivity contribution < 1.29 is 24.2 Å². The number of carbonyl (C=O) groups is 3. The second-order valence-corrected chi connectivity index (χ2v) is 5.77. The summed E-state index contributed by atoms with van der Waals surface area (Å²) in [7, 11) is 0. The SMILES string of the molecule is CC(C)COC(=O)c1ccc(NC2=CC(=O)N(CCO)C2=O)cc1. The van der Waals surface area contributed by atoms with Gasteiger partial charge in [-0.25, -0.2) is 4.79 Å². The highest BCUT2D eigenvalue weighted by Gasteiger charge is 2.30. The summed E-state index contributed by atoms with van der Waals surface area (Å²) < 4.78 is 5.14. The maximum absolute atomic E-state index is 12.0. The predicted molar refractivity (Wildman–Crippen MR) is 87.1 cm³/mol. The van der Waals surface area contributed by atoms with Crippen LogP contribution >= 0.6 is 0 Å². The number of aliphatic hydroxyl groups excluding tert-OH is 1. The minimum Gasteiger partial charge on any atom is -0.462 e. The van der Waals surface area contributed by atoms with Crippen LogP contribution in [0.3, 0.4) is 0 Å². The normalized spacial score (nSPS) is 14.2. The van der Waals surface area contributed by atoms with E-state index in [0.29, 0.717) is 17.9 Å². The largest absolute Gasteiger partial charge is 0.462 e. The van der Waals surface area contributed by atoms with Crippen LogP contribution in [0.2, 0.25) is 0 Å². The number of ether oxygens (including phenoxy) is 1. The number of esters is 1. The quantitative estimate of drug-likeness (QED) is 0.574. The zero-order valence-corrected chi connectivity index (χ0v) is 13.6. The van der Waals surface area contributed by atoms with Crippen LogP contribution in [0.25, 0.3) is 0 Å². The number of benzene rings is 1. The summed E-state index contributed by atoms with van der Waals surface area (Å²) in [5, 5.41) is 11.7. The number of anilines is 1. The number of nitrogens with one attached hydrogen (secondary N) is 1. The van der Waals surface area contributed by atoms with E-state index < -0.39 is 17.8 Å². The van der Waals surface area contributed by atoms with Crippen molar-refractivity contribution in [2.24, 2.45) is 5.92 Å².